The fraction of sp³-hybridized carbons (Fsp3) is 0.300. The number of carbonyl (C=O) groups is 1. The molecule has 0 atom stereocenters. The molecule has 0 saturated heterocycles. The van der Waals surface area contributed by atoms with Gasteiger partial charge in [0.05, 0.1) is 12.7 Å². The van der Waals surface area contributed by atoms with Crippen molar-refractivity contribution in [1.29, 1.82) is 0 Å². The molecule has 0 aliphatic heterocycles. The molecule has 0 fully saturated rings. The molecule has 14 heavy (non-hydrogen) atoms. The lowest BCUT2D eigenvalue weighted by Crippen LogP contribution is -2.11. The Kier molecular flexibility index (Phi) is 3.94. The normalized spacial score (nSPS) is 9.57. The zero-order valence-electron chi connectivity index (χ0n) is 8.03. The Morgan fingerprint density at radius 3 is 2.93 bits per heavy atom. The van der Waals surface area contributed by atoms with Crippen LogP contribution in [0.4, 0.5) is 0 Å². The van der Waals surface area contributed by atoms with Gasteiger partial charge in [0.15, 0.2) is 0 Å². The molecule has 76 valence electrons. The lowest BCUT2D eigenvalue weighted by Gasteiger charge is -2.05. The van der Waals surface area contributed by atoms with Gasteiger partial charge in [0.2, 0.25) is 0 Å². The quantitative estimate of drug-likeness (QED) is 0.722. The minimum atomic E-state index is -0.372. The molecular weight excluding hydrogens is 182 g/mol. The summed E-state index contributed by atoms with van der Waals surface area (Å²) in [4.78, 5) is 11.1. The van der Waals surface area contributed by atoms with E-state index in [1.54, 1.807) is 24.3 Å². The lowest BCUT2D eigenvalue weighted by atomic mass is 10.2. The summed E-state index contributed by atoms with van der Waals surface area (Å²) >= 11 is 0. The number of nitrogens with two attached hydrogens (primary N) is 1. The number of carbonyl (C=O) groups excluding carboxylic acids is 1. The second-order valence-electron chi connectivity index (χ2n) is 2.66. The zero-order valence-corrected chi connectivity index (χ0v) is 8.03. The highest BCUT2D eigenvalue weighted by molar-refractivity contribution is 5.89. The molecule has 0 amide bonds. The van der Waals surface area contributed by atoms with E-state index < -0.39 is 0 Å². The van der Waals surface area contributed by atoms with Crippen molar-refractivity contribution in [3.63, 3.8) is 0 Å². The van der Waals surface area contributed by atoms with Crippen molar-refractivity contribution < 1.29 is 14.3 Å². The van der Waals surface area contributed by atoms with Gasteiger partial charge in [0.1, 0.15) is 12.4 Å². The number of ether oxygens (including phenoxy) is 2. The van der Waals surface area contributed by atoms with E-state index in [1.165, 1.54) is 7.11 Å². The van der Waals surface area contributed by atoms with Crippen LogP contribution in [0.15, 0.2) is 24.3 Å². The van der Waals surface area contributed by atoms with Gasteiger partial charge in [-0.3, -0.25) is 0 Å². The molecule has 0 radical (unpaired) electrons. The first-order valence-electron chi connectivity index (χ1n) is 4.29. The smallest absolute Gasteiger partial charge is 0.337 e. The second-order valence-corrected chi connectivity index (χ2v) is 2.66. The van der Waals surface area contributed by atoms with Crippen molar-refractivity contribution in [3.05, 3.63) is 29.8 Å². The summed E-state index contributed by atoms with van der Waals surface area (Å²) in [5.74, 6) is 0.251. The van der Waals surface area contributed by atoms with E-state index >= 15 is 0 Å². The fourth-order valence-electron chi connectivity index (χ4n) is 1.01. The van der Waals surface area contributed by atoms with Crippen LogP contribution in [-0.4, -0.2) is 26.2 Å². The molecule has 0 heterocycles. The van der Waals surface area contributed by atoms with Gasteiger partial charge in [-0.15, -0.1) is 0 Å². The molecule has 0 bridgehead atoms. The minimum Gasteiger partial charge on any atom is -0.492 e. The van der Waals surface area contributed by atoms with E-state index in [4.69, 9.17) is 10.5 Å². The van der Waals surface area contributed by atoms with E-state index in [-0.39, 0.29) is 5.97 Å². The molecule has 4 heteroatoms. The Hall–Kier alpha value is -1.55. The Labute approximate surface area is 82.6 Å². The van der Waals surface area contributed by atoms with E-state index in [0.717, 1.165) is 0 Å². The average molecular weight is 195 g/mol. The summed E-state index contributed by atoms with van der Waals surface area (Å²) in [6.45, 7) is 0.882. The summed E-state index contributed by atoms with van der Waals surface area (Å²) in [7, 11) is 1.34. The molecule has 0 unspecified atom stereocenters. The van der Waals surface area contributed by atoms with E-state index in [2.05, 4.69) is 4.74 Å². The number of hydrogen-bond donors (Lipinski definition) is 1. The van der Waals surface area contributed by atoms with Crippen molar-refractivity contribution >= 4 is 5.97 Å². The molecule has 4 nitrogen and oxygen atoms in total. The van der Waals surface area contributed by atoms with Crippen LogP contribution in [0.1, 0.15) is 10.4 Å². The number of benzene rings is 1. The van der Waals surface area contributed by atoms with Crippen LogP contribution in [0, 0.1) is 0 Å². The van der Waals surface area contributed by atoms with Gasteiger partial charge >= 0.3 is 5.97 Å². The number of methoxy groups -OCH3 is 1. The SMILES string of the molecule is COC(=O)c1cccc(OCCN)c1. The van der Waals surface area contributed by atoms with Crippen LogP contribution >= 0.6 is 0 Å². The lowest BCUT2D eigenvalue weighted by molar-refractivity contribution is 0.0600. The van der Waals surface area contributed by atoms with Gasteiger partial charge in [-0.2, -0.15) is 0 Å². The van der Waals surface area contributed by atoms with Crippen molar-refractivity contribution in [2.24, 2.45) is 5.73 Å². The highest BCUT2D eigenvalue weighted by Crippen LogP contribution is 2.13. The summed E-state index contributed by atoms with van der Waals surface area (Å²) in [6.07, 6.45) is 0. The first-order valence-corrected chi connectivity index (χ1v) is 4.29. The highest BCUT2D eigenvalue weighted by atomic mass is 16.5. The fourth-order valence-corrected chi connectivity index (χ4v) is 1.01. The third-order valence-corrected chi connectivity index (χ3v) is 1.64. The summed E-state index contributed by atoms with van der Waals surface area (Å²) in [6, 6.07) is 6.79. The standard InChI is InChI=1S/C10H13NO3/c1-13-10(12)8-3-2-4-9(7-8)14-6-5-11/h2-4,7H,5-6,11H2,1H3. The first-order chi connectivity index (χ1) is 6.77. The van der Waals surface area contributed by atoms with Gasteiger partial charge < -0.3 is 15.2 Å². The van der Waals surface area contributed by atoms with Crippen LogP contribution in [0.3, 0.4) is 0 Å². The highest BCUT2D eigenvalue weighted by Gasteiger charge is 2.05. The van der Waals surface area contributed by atoms with E-state index in [9.17, 15) is 4.79 Å². The minimum absolute atomic E-state index is 0.372. The molecular formula is C10H13NO3. The van der Waals surface area contributed by atoms with Crippen molar-refractivity contribution in [1.82, 2.24) is 0 Å². The van der Waals surface area contributed by atoms with Gasteiger partial charge in [0, 0.05) is 6.54 Å². The maximum Gasteiger partial charge on any atom is 0.337 e. The van der Waals surface area contributed by atoms with Crippen molar-refractivity contribution in [3.8, 4) is 5.75 Å². The predicted octanol–water partition coefficient (Wildman–Crippen LogP) is 0.811. The predicted molar refractivity (Wildman–Crippen MR) is 52.3 cm³/mol. The second kappa shape index (κ2) is 5.24. The summed E-state index contributed by atoms with van der Waals surface area (Å²) in [5.41, 5.74) is 5.76. The summed E-state index contributed by atoms with van der Waals surface area (Å²) in [5, 5.41) is 0. The van der Waals surface area contributed by atoms with Crippen molar-refractivity contribution in [2.75, 3.05) is 20.3 Å². The van der Waals surface area contributed by atoms with Gasteiger partial charge in [0.25, 0.3) is 0 Å². The maximum atomic E-state index is 11.1. The third kappa shape index (κ3) is 2.74. The summed E-state index contributed by atoms with van der Waals surface area (Å²) < 4.78 is 9.83. The van der Waals surface area contributed by atoms with Crippen LogP contribution < -0.4 is 10.5 Å². The molecule has 0 saturated carbocycles. The molecule has 0 spiro atoms. The van der Waals surface area contributed by atoms with Gasteiger partial charge in [-0.05, 0) is 18.2 Å². The van der Waals surface area contributed by atoms with Gasteiger partial charge in [-0.1, -0.05) is 6.07 Å². The molecule has 0 aliphatic rings. The third-order valence-electron chi connectivity index (χ3n) is 1.64. The number of hydrogen-bond acceptors (Lipinski definition) is 4. The van der Waals surface area contributed by atoms with Crippen molar-refractivity contribution in [2.45, 2.75) is 0 Å². The number of rotatable bonds is 4. The van der Waals surface area contributed by atoms with Crippen LogP contribution in [-0.2, 0) is 4.74 Å². The Morgan fingerprint density at radius 1 is 1.50 bits per heavy atom. The maximum absolute atomic E-state index is 11.1. The molecule has 0 aromatic heterocycles. The first kappa shape index (κ1) is 10.5. The molecule has 1 aromatic carbocycles. The number of esters is 1. The molecule has 1 rings (SSSR count). The topological polar surface area (TPSA) is 61.5 Å². The van der Waals surface area contributed by atoms with Crippen LogP contribution in [0.5, 0.6) is 5.75 Å². The average Bonchev–Trinajstić information content (AvgIpc) is 2.25. The monoisotopic (exact) mass is 195 g/mol. The molecule has 2 N–H and O–H groups in total. The molecule has 1 aromatic rings. The molecule has 0 aliphatic carbocycles. The van der Waals surface area contributed by atoms with Crippen LogP contribution in [0.25, 0.3) is 0 Å². The Balaban J connectivity index is 2.73. The Morgan fingerprint density at radius 2 is 2.29 bits per heavy atom. The Bertz CT molecular complexity index is 312. The van der Waals surface area contributed by atoms with Gasteiger partial charge in [-0.25, -0.2) is 4.79 Å². The van der Waals surface area contributed by atoms with E-state index in [1.807, 2.05) is 0 Å². The van der Waals surface area contributed by atoms with Crippen LogP contribution in [0.2, 0.25) is 0 Å². The van der Waals surface area contributed by atoms with E-state index in [0.29, 0.717) is 24.5 Å². The largest absolute Gasteiger partial charge is 0.492 e. The zero-order chi connectivity index (χ0) is 10.4.